The van der Waals surface area contributed by atoms with Crippen LogP contribution in [-0.2, 0) is 0 Å². The number of hydrogen-bond donors (Lipinski definition) is 1. The molecule has 1 aromatic heterocycles. The number of carbonyl (C=O) groups is 1. The predicted octanol–water partition coefficient (Wildman–Crippen LogP) is 1.20. The van der Waals surface area contributed by atoms with Crippen LogP contribution >= 0.6 is 0 Å². The van der Waals surface area contributed by atoms with Gasteiger partial charge in [-0.1, -0.05) is 0 Å². The zero-order valence-electron chi connectivity index (χ0n) is 10.1. The second kappa shape index (κ2) is 4.92. The molecule has 0 unspecified atom stereocenters. The number of anilines is 1. The van der Waals surface area contributed by atoms with Crippen molar-refractivity contribution in [2.45, 2.75) is 39.8 Å². The molecule has 0 spiro atoms. The highest BCUT2D eigenvalue weighted by Crippen LogP contribution is 2.17. The van der Waals surface area contributed by atoms with Crippen LogP contribution in [-0.4, -0.2) is 28.0 Å². The van der Waals surface area contributed by atoms with Gasteiger partial charge in [0.2, 0.25) is 5.82 Å². The Kier molecular flexibility index (Phi) is 3.82. The summed E-state index contributed by atoms with van der Waals surface area (Å²) in [5.74, 6) is -0.552. The average Bonchev–Trinajstić information content (AvgIpc) is 2.17. The monoisotopic (exact) mass is 222 g/mol. The zero-order valence-corrected chi connectivity index (χ0v) is 10.1. The fraction of sp³-hybridized carbons (Fsp3) is 0.545. The van der Waals surface area contributed by atoms with E-state index >= 15 is 0 Å². The van der Waals surface area contributed by atoms with E-state index in [4.69, 9.17) is 5.73 Å². The van der Waals surface area contributed by atoms with Crippen LogP contribution in [0.1, 0.15) is 38.3 Å². The van der Waals surface area contributed by atoms with Gasteiger partial charge in [-0.3, -0.25) is 4.79 Å². The topological polar surface area (TPSA) is 72.1 Å². The third kappa shape index (κ3) is 2.68. The molecule has 88 valence electrons. The Morgan fingerprint density at radius 1 is 1.19 bits per heavy atom. The molecule has 0 saturated carbocycles. The van der Waals surface area contributed by atoms with Crippen molar-refractivity contribution >= 4 is 11.6 Å². The van der Waals surface area contributed by atoms with E-state index in [0.29, 0.717) is 12.1 Å². The van der Waals surface area contributed by atoms with Crippen molar-refractivity contribution in [3.63, 3.8) is 0 Å². The molecule has 1 rings (SSSR count). The van der Waals surface area contributed by atoms with Gasteiger partial charge in [0.15, 0.2) is 0 Å². The van der Waals surface area contributed by atoms with Crippen LogP contribution < -0.4 is 10.6 Å². The van der Waals surface area contributed by atoms with E-state index in [1.807, 2.05) is 0 Å². The molecule has 0 aliphatic heterocycles. The molecule has 2 N–H and O–H groups in total. The molecule has 0 bridgehead atoms. The second-order valence-electron chi connectivity index (χ2n) is 4.22. The molecule has 1 heterocycles. The minimum Gasteiger partial charge on any atom is -0.364 e. The Morgan fingerprint density at radius 2 is 1.62 bits per heavy atom. The van der Waals surface area contributed by atoms with Gasteiger partial charge < -0.3 is 10.6 Å². The molecule has 16 heavy (non-hydrogen) atoms. The third-order valence-corrected chi connectivity index (χ3v) is 2.27. The largest absolute Gasteiger partial charge is 0.364 e. The highest BCUT2D eigenvalue weighted by Gasteiger charge is 2.15. The normalized spacial score (nSPS) is 10.9. The maximum atomic E-state index is 10.8. The first-order valence-electron chi connectivity index (χ1n) is 5.33. The van der Waals surface area contributed by atoms with Crippen molar-refractivity contribution in [3.8, 4) is 0 Å². The van der Waals surface area contributed by atoms with E-state index in [1.165, 1.54) is 0 Å². The van der Waals surface area contributed by atoms with Gasteiger partial charge in [-0.25, -0.2) is 9.97 Å². The molecular formula is C11H18N4O. The van der Waals surface area contributed by atoms with Gasteiger partial charge in [0.25, 0.3) is 5.91 Å². The highest BCUT2D eigenvalue weighted by molar-refractivity contribution is 5.88. The van der Waals surface area contributed by atoms with Gasteiger partial charge in [-0.05, 0) is 27.7 Å². The molecule has 1 amide bonds. The number of primary amides is 1. The summed E-state index contributed by atoms with van der Waals surface area (Å²) in [7, 11) is 0. The van der Waals surface area contributed by atoms with Gasteiger partial charge in [0.05, 0.1) is 18.1 Å². The maximum Gasteiger partial charge on any atom is 0.286 e. The van der Waals surface area contributed by atoms with Crippen LogP contribution in [0.5, 0.6) is 0 Å². The minimum absolute atomic E-state index is 0.0520. The van der Waals surface area contributed by atoms with Crippen LogP contribution in [0, 0.1) is 0 Å². The molecule has 0 radical (unpaired) electrons. The second-order valence-corrected chi connectivity index (χ2v) is 4.22. The number of nitrogens with zero attached hydrogens (tertiary/aromatic N) is 3. The fourth-order valence-electron chi connectivity index (χ4n) is 1.77. The smallest absolute Gasteiger partial charge is 0.286 e. The lowest BCUT2D eigenvalue weighted by molar-refractivity contribution is 0.0990. The van der Waals surface area contributed by atoms with Crippen molar-refractivity contribution < 1.29 is 4.79 Å². The lowest BCUT2D eigenvalue weighted by atomic mass is 10.2. The van der Waals surface area contributed by atoms with E-state index in [1.54, 1.807) is 12.4 Å². The number of hydrogen-bond acceptors (Lipinski definition) is 4. The third-order valence-electron chi connectivity index (χ3n) is 2.27. The number of aromatic nitrogens is 2. The lowest BCUT2D eigenvalue weighted by Gasteiger charge is -2.32. The number of rotatable bonds is 4. The van der Waals surface area contributed by atoms with Crippen LogP contribution in [0.15, 0.2) is 12.4 Å². The predicted molar refractivity (Wildman–Crippen MR) is 63.3 cm³/mol. The van der Waals surface area contributed by atoms with Gasteiger partial charge in [-0.15, -0.1) is 0 Å². The van der Waals surface area contributed by atoms with Crippen LogP contribution in [0.4, 0.5) is 5.69 Å². The molecule has 0 aromatic carbocycles. The summed E-state index contributed by atoms with van der Waals surface area (Å²) in [4.78, 5) is 20.9. The molecule has 5 heteroatoms. The molecule has 0 fully saturated rings. The zero-order chi connectivity index (χ0) is 12.3. The van der Waals surface area contributed by atoms with Crippen molar-refractivity contribution in [3.05, 3.63) is 18.2 Å². The molecule has 0 aliphatic rings. The Labute approximate surface area is 95.7 Å². The summed E-state index contributed by atoms with van der Waals surface area (Å²) in [5, 5.41) is 0. The first-order chi connectivity index (χ1) is 7.43. The van der Waals surface area contributed by atoms with E-state index in [0.717, 1.165) is 5.69 Å². The van der Waals surface area contributed by atoms with E-state index in [2.05, 4.69) is 42.6 Å². The molecule has 0 atom stereocenters. The standard InChI is InChI=1S/C11H18N4O/c1-7(2)15(8(3)4)9-5-13-11(10(12)16)14-6-9/h5-8H,1-4H3,(H2,12,16). The summed E-state index contributed by atoms with van der Waals surface area (Å²) >= 11 is 0. The minimum atomic E-state index is -0.604. The molecule has 5 nitrogen and oxygen atoms in total. The number of amides is 1. The SMILES string of the molecule is CC(C)N(c1cnc(C(N)=O)nc1)C(C)C. The van der Waals surface area contributed by atoms with E-state index in [-0.39, 0.29) is 5.82 Å². The first kappa shape index (κ1) is 12.4. The van der Waals surface area contributed by atoms with Crippen molar-refractivity contribution in [2.24, 2.45) is 5.73 Å². The van der Waals surface area contributed by atoms with E-state index in [9.17, 15) is 4.79 Å². The van der Waals surface area contributed by atoms with Gasteiger partial charge in [-0.2, -0.15) is 0 Å². The van der Waals surface area contributed by atoms with Crippen LogP contribution in [0.3, 0.4) is 0 Å². The number of nitrogens with two attached hydrogens (primary N) is 1. The summed E-state index contributed by atoms with van der Waals surface area (Å²) in [6.07, 6.45) is 3.26. The molecule has 0 saturated heterocycles. The van der Waals surface area contributed by atoms with Crippen LogP contribution in [0.2, 0.25) is 0 Å². The van der Waals surface area contributed by atoms with Gasteiger partial charge >= 0.3 is 0 Å². The highest BCUT2D eigenvalue weighted by atomic mass is 16.1. The summed E-state index contributed by atoms with van der Waals surface area (Å²) in [6.45, 7) is 8.40. The first-order valence-corrected chi connectivity index (χ1v) is 5.33. The fourth-order valence-corrected chi connectivity index (χ4v) is 1.77. The number of carbonyl (C=O) groups excluding carboxylic acids is 1. The van der Waals surface area contributed by atoms with Gasteiger partial charge in [0, 0.05) is 12.1 Å². The quantitative estimate of drug-likeness (QED) is 0.830. The van der Waals surface area contributed by atoms with Gasteiger partial charge in [0.1, 0.15) is 0 Å². The van der Waals surface area contributed by atoms with Crippen molar-refractivity contribution in [1.29, 1.82) is 0 Å². The Morgan fingerprint density at radius 3 is 1.94 bits per heavy atom. The Bertz CT molecular complexity index is 351. The lowest BCUT2D eigenvalue weighted by Crippen LogP contribution is -2.37. The summed E-state index contributed by atoms with van der Waals surface area (Å²) in [5.41, 5.74) is 5.98. The summed E-state index contributed by atoms with van der Waals surface area (Å²) < 4.78 is 0. The maximum absolute atomic E-state index is 10.8. The molecule has 0 aliphatic carbocycles. The van der Waals surface area contributed by atoms with Crippen molar-refractivity contribution in [2.75, 3.05) is 4.90 Å². The Hall–Kier alpha value is -1.65. The van der Waals surface area contributed by atoms with Crippen molar-refractivity contribution in [1.82, 2.24) is 9.97 Å². The molecular weight excluding hydrogens is 204 g/mol. The Balaban J connectivity index is 2.99. The van der Waals surface area contributed by atoms with E-state index < -0.39 is 5.91 Å². The van der Waals surface area contributed by atoms with Crippen LogP contribution in [0.25, 0.3) is 0 Å². The molecule has 1 aromatic rings. The summed E-state index contributed by atoms with van der Waals surface area (Å²) in [6, 6.07) is 0.700. The average molecular weight is 222 g/mol.